The third-order valence-electron chi connectivity index (χ3n) is 10.0. The maximum Gasteiger partial charge on any atom is 0.410 e. The minimum absolute atomic E-state index is 0.00760. The predicted octanol–water partition coefficient (Wildman–Crippen LogP) is 2.25. The van der Waals surface area contributed by atoms with Crippen LogP contribution in [0.5, 0.6) is 0 Å². The summed E-state index contributed by atoms with van der Waals surface area (Å²) in [5, 5.41) is 4.09. The lowest BCUT2D eigenvalue weighted by molar-refractivity contribution is -0.141. The van der Waals surface area contributed by atoms with E-state index >= 15 is 0 Å². The van der Waals surface area contributed by atoms with Gasteiger partial charge in [0.25, 0.3) is 5.91 Å². The predicted molar refractivity (Wildman–Crippen MR) is 172 cm³/mol. The van der Waals surface area contributed by atoms with Crippen molar-refractivity contribution in [1.29, 1.82) is 0 Å². The largest absolute Gasteiger partial charge is 0.450 e. The van der Waals surface area contributed by atoms with Crippen molar-refractivity contribution in [1.82, 2.24) is 25.2 Å². The van der Waals surface area contributed by atoms with Crippen molar-refractivity contribution < 1.29 is 50.6 Å². The first-order valence-electron chi connectivity index (χ1n) is 16.9. The third-order valence-corrected chi connectivity index (χ3v) is 11.8. The van der Waals surface area contributed by atoms with Crippen LogP contribution in [-0.4, -0.2) is 96.7 Å². The number of nitrogens with one attached hydrogen (secondary N) is 3. The number of carbonyl (C=O) groups is 5. The number of rotatable bonds is 8. The molecule has 50 heavy (non-hydrogen) atoms. The first-order valence-corrected chi connectivity index (χ1v) is 18.4. The first kappa shape index (κ1) is 35.5. The molecule has 0 spiro atoms. The molecular weight excluding hydrogens is 680 g/mol. The van der Waals surface area contributed by atoms with Crippen molar-refractivity contribution in [3.63, 3.8) is 0 Å². The van der Waals surface area contributed by atoms with E-state index in [4.69, 9.17) is 9.47 Å². The Balaban J connectivity index is 1.25. The Morgan fingerprint density at radius 2 is 1.88 bits per heavy atom. The topological polar surface area (TPSA) is 181 Å². The Labute approximate surface area is 288 Å². The van der Waals surface area contributed by atoms with E-state index in [0.29, 0.717) is 38.8 Å². The number of fused-ring (bicyclic) bond motifs is 3. The van der Waals surface area contributed by atoms with E-state index < -0.39 is 87.7 Å². The van der Waals surface area contributed by atoms with Gasteiger partial charge in [0.15, 0.2) is 0 Å². The molecule has 3 fully saturated rings. The number of hydrogen-bond donors (Lipinski definition) is 3. The molecule has 1 aromatic carbocycles. The maximum atomic E-state index is 13.9. The van der Waals surface area contributed by atoms with Crippen LogP contribution in [0.15, 0.2) is 30.9 Å². The number of hydrogen-bond acceptors (Lipinski definition) is 9. The minimum Gasteiger partial charge on any atom is -0.450 e. The van der Waals surface area contributed by atoms with Crippen molar-refractivity contribution in [3.05, 3.63) is 47.5 Å². The molecule has 272 valence electrons. The van der Waals surface area contributed by atoms with E-state index in [1.807, 2.05) is 22.9 Å². The van der Waals surface area contributed by atoms with Crippen LogP contribution in [0.3, 0.4) is 0 Å². The first-order chi connectivity index (χ1) is 23.8. The third kappa shape index (κ3) is 7.56. The smallest absolute Gasteiger partial charge is 0.410 e. The van der Waals surface area contributed by atoms with Gasteiger partial charge in [-0.1, -0.05) is 24.3 Å². The molecule has 0 radical (unpaired) electrons. The number of alkyl carbamates (subject to hydrolysis) is 1. The Morgan fingerprint density at radius 3 is 2.58 bits per heavy atom. The fourth-order valence-corrected chi connectivity index (χ4v) is 8.37. The van der Waals surface area contributed by atoms with Crippen LogP contribution in [0.1, 0.15) is 68.1 Å². The summed E-state index contributed by atoms with van der Waals surface area (Å²) >= 11 is 0. The molecular formula is C33H41F2N5O9S. The van der Waals surface area contributed by atoms with Gasteiger partial charge in [-0.3, -0.25) is 24.0 Å². The lowest BCUT2D eigenvalue weighted by Gasteiger charge is -2.29. The van der Waals surface area contributed by atoms with Crippen molar-refractivity contribution in [2.75, 3.05) is 13.2 Å². The van der Waals surface area contributed by atoms with Gasteiger partial charge in [0.1, 0.15) is 23.7 Å². The monoisotopic (exact) mass is 721 g/mol. The molecule has 0 unspecified atom stereocenters. The highest BCUT2D eigenvalue weighted by Gasteiger charge is 2.62. The summed E-state index contributed by atoms with van der Waals surface area (Å²) in [6.45, 7) is 3.89. The molecule has 3 heterocycles. The number of halogens is 2. The van der Waals surface area contributed by atoms with E-state index in [0.717, 1.165) is 34.4 Å². The number of cyclic esters (lactones) is 1. The van der Waals surface area contributed by atoms with Gasteiger partial charge in [0.05, 0.1) is 18.4 Å². The molecule has 3 N–H and O–H groups in total. The van der Waals surface area contributed by atoms with Crippen LogP contribution < -0.4 is 15.4 Å². The van der Waals surface area contributed by atoms with E-state index in [1.165, 1.54) is 11.0 Å². The van der Waals surface area contributed by atoms with Gasteiger partial charge >= 0.3 is 12.2 Å². The molecule has 5 amide bonds. The molecule has 1 saturated heterocycles. The normalized spacial score (nSPS) is 28.8. The van der Waals surface area contributed by atoms with Gasteiger partial charge < -0.3 is 25.0 Å². The average Bonchev–Trinajstić information content (AvgIpc) is 3.95. The van der Waals surface area contributed by atoms with Crippen LogP contribution in [0, 0.1) is 5.92 Å². The maximum absolute atomic E-state index is 13.9. The number of nitrogens with zero attached hydrogens (tertiary/aromatic N) is 2. The second kappa shape index (κ2) is 14.2. The van der Waals surface area contributed by atoms with E-state index in [9.17, 15) is 41.2 Å². The molecule has 2 aliphatic carbocycles. The zero-order valence-corrected chi connectivity index (χ0v) is 28.2. The standard InChI is InChI=1S/C33H41F2N5O9S/c1-2-21-15-33(21,30(43)38-50(46,47)23-10-11-23)37-28(41)26-13-22-17-40(26)29(42)25(14-27(34)35)36-31(44)48-12-5-3-4-7-19-8-6-9-20-16-39(18-24(19)20)32(45)49-22/h2,6,8-9,21-23,25-27H,1,3-5,7,10-18H2,(H,36,44)(H,37,41)(H,38,43)/t21-,22+,25-,26-,33+/m0/s1. The highest BCUT2D eigenvalue weighted by atomic mass is 32.2. The summed E-state index contributed by atoms with van der Waals surface area (Å²) in [6, 6.07) is 2.63. The second-order valence-corrected chi connectivity index (χ2v) is 15.6. The van der Waals surface area contributed by atoms with Crippen LogP contribution in [0.2, 0.25) is 0 Å². The van der Waals surface area contributed by atoms with Crippen molar-refractivity contribution >= 4 is 39.9 Å². The molecule has 14 nitrogen and oxygen atoms in total. The number of alkyl halides is 2. The molecule has 5 aliphatic rings. The number of ether oxygens (including phenoxy) is 2. The van der Waals surface area contributed by atoms with Gasteiger partial charge in [0.2, 0.25) is 28.3 Å². The molecule has 17 heteroatoms. The van der Waals surface area contributed by atoms with E-state index in [-0.39, 0.29) is 26.0 Å². The Morgan fingerprint density at radius 1 is 1.12 bits per heavy atom. The molecule has 5 atom stereocenters. The molecule has 0 aromatic heterocycles. The Bertz CT molecular complexity index is 1670. The molecule has 3 aliphatic heterocycles. The molecule has 4 bridgehead atoms. The van der Waals surface area contributed by atoms with E-state index in [1.54, 1.807) is 0 Å². The number of benzene rings is 1. The van der Waals surface area contributed by atoms with Gasteiger partial charge in [0, 0.05) is 31.8 Å². The van der Waals surface area contributed by atoms with Crippen LogP contribution in [0.25, 0.3) is 0 Å². The summed E-state index contributed by atoms with van der Waals surface area (Å²) in [5.74, 6) is -3.51. The molecule has 2 saturated carbocycles. The fourth-order valence-electron chi connectivity index (χ4n) is 7.01. The second-order valence-electron chi connectivity index (χ2n) is 13.6. The average molecular weight is 722 g/mol. The van der Waals surface area contributed by atoms with Crippen LogP contribution >= 0.6 is 0 Å². The molecule has 1 aromatic rings. The fraction of sp³-hybridized carbons (Fsp3) is 0.606. The minimum atomic E-state index is -3.97. The summed E-state index contributed by atoms with van der Waals surface area (Å²) in [6.07, 6.45) is -2.23. The number of sulfonamides is 1. The SMILES string of the molecule is C=C[C@H]1C[C@]1(NC(=O)[C@@H]1C[C@@H]2CN1C(=O)[C@H](CC(F)F)NC(=O)OCCCCCc1cccc3c1CN(C3)C(=O)O2)C(=O)NS(=O)(=O)C1CC1. The van der Waals surface area contributed by atoms with Crippen LogP contribution in [0.4, 0.5) is 18.4 Å². The Kier molecular flexibility index (Phi) is 10.1. The zero-order chi connectivity index (χ0) is 35.8. The zero-order valence-electron chi connectivity index (χ0n) is 27.4. The highest BCUT2D eigenvalue weighted by Crippen LogP contribution is 2.45. The van der Waals surface area contributed by atoms with Gasteiger partial charge in [-0.15, -0.1) is 6.58 Å². The van der Waals surface area contributed by atoms with Gasteiger partial charge in [-0.25, -0.2) is 26.8 Å². The van der Waals surface area contributed by atoms with E-state index in [2.05, 4.69) is 17.2 Å². The number of carbonyl (C=O) groups excluding carboxylic acids is 5. The number of amides is 5. The van der Waals surface area contributed by atoms with Crippen molar-refractivity contribution in [3.8, 4) is 0 Å². The lowest BCUT2D eigenvalue weighted by atomic mass is 9.99. The molecule has 6 rings (SSSR count). The number of aryl methyl sites for hydroxylation is 1. The summed E-state index contributed by atoms with van der Waals surface area (Å²) < 4.78 is 65.6. The highest BCUT2D eigenvalue weighted by molar-refractivity contribution is 7.91. The summed E-state index contributed by atoms with van der Waals surface area (Å²) in [5.41, 5.74) is 1.39. The lowest BCUT2D eigenvalue weighted by Crippen LogP contribution is -2.58. The summed E-state index contributed by atoms with van der Waals surface area (Å²) in [7, 11) is -3.97. The van der Waals surface area contributed by atoms with Gasteiger partial charge in [-0.2, -0.15) is 0 Å². The Hall–Kier alpha value is -4.28. The van der Waals surface area contributed by atoms with Crippen LogP contribution in [-0.2, 0) is 53.4 Å². The summed E-state index contributed by atoms with van der Waals surface area (Å²) in [4.78, 5) is 69.6. The van der Waals surface area contributed by atoms with Gasteiger partial charge in [-0.05, 0) is 61.6 Å². The van der Waals surface area contributed by atoms with Crippen molar-refractivity contribution in [2.45, 2.75) is 106 Å². The van der Waals surface area contributed by atoms with Crippen molar-refractivity contribution in [2.24, 2.45) is 5.92 Å². The quantitative estimate of drug-likeness (QED) is 0.340.